The summed E-state index contributed by atoms with van der Waals surface area (Å²) < 4.78 is 7.06. The van der Waals surface area contributed by atoms with Gasteiger partial charge >= 0.3 is 0 Å². The molecule has 0 aliphatic carbocycles. The second-order valence-corrected chi connectivity index (χ2v) is 11.3. The molecule has 0 aliphatic rings. The maximum Gasteiger partial charge on any atom is 0.0604 e. The fourth-order valence-corrected chi connectivity index (χ4v) is 5.23. The zero-order valence-electron chi connectivity index (χ0n) is 24.3. The van der Waals surface area contributed by atoms with Crippen molar-refractivity contribution >= 4 is 0 Å². The minimum Gasteiger partial charge on any atom is -0.374 e. The number of hydrogen-bond donors (Lipinski definition) is 0. The van der Waals surface area contributed by atoms with Crippen LogP contribution >= 0.6 is 0 Å². The van der Waals surface area contributed by atoms with Crippen LogP contribution in [0, 0.1) is 11.8 Å². The summed E-state index contributed by atoms with van der Waals surface area (Å²) in [5.74, 6) is 1.42. The van der Waals surface area contributed by atoms with Crippen LogP contribution < -0.4 is 0 Å². The molecule has 0 N–H and O–H groups in total. The number of hydrogen-bond acceptors (Lipinski definition) is 1. The monoisotopic (exact) mass is 467 g/mol. The number of rotatable bonds is 26. The lowest BCUT2D eigenvalue weighted by Crippen LogP contribution is -2.32. The van der Waals surface area contributed by atoms with E-state index in [2.05, 4.69) is 41.5 Å². The Bertz CT molecular complexity index is 332. The van der Waals surface area contributed by atoms with Gasteiger partial charge in [0.1, 0.15) is 0 Å². The van der Waals surface area contributed by atoms with E-state index >= 15 is 0 Å². The highest BCUT2D eigenvalue weighted by Gasteiger charge is 2.25. The molecule has 0 aromatic heterocycles. The first-order valence-corrected chi connectivity index (χ1v) is 15.8. The Morgan fingerprint density at radius 3 is 1.00 bits per heavy atom. The van der Waals surface area contributed by atoms with Crippen LogP contribution in [-0.2, 0) is 4.74 Å². The van der Waals surface area contributed by atoms with Crippen molar-refractivity contribution in [3.8, 4) is 0 Å². The second kappa shape index (κ2) is 25.1. The Kier molecular flexibility index (Phi) is 25.0. The van der Waals surface area contributed by atoms with Crippen molar-refractivity contribution in [3.63, 3.8) is 0 Å². The van der Waals surface area contributed by atoms with Crippen LogP contribution in [0.25, 0.3) is 0 Å². The summed E-state index contributed by atoms with van der Waals surface area (Å²) in [5.41, 5.74) is 0. The molecule has 0 aromatic carbocycles. The van der Waals surface area contributed by atoms with Crippen molar-refractivity contribution < 1.29 is 4.74 Å². The average molecular weight is 467 g/mol. The molecule has 0 heterocycles. The van der Waals surface area contributed by atoms with Crippen LogP contribution in [0.5, 0.6) is 0 Å². The normalized spacial score (nSPS) is 15.5. The van der Waals surface area contributed by atoms with E-state index in [1.807, 2.05) is 0 Å². The molecule has 0 rings (SSSR count). The van der Waals surface area contributed by atoms with E-state index in [0.29, 0.717) is 24.0 Å². The van der Waals surface area contributed by atoms with Gasteiger partial charge in [-0.2, -0.15) is 0 Å². The summed E-state index contributed by atoms with van der Waals surface area (Å²) in [5, 5.41) is 0. The van der Waals surface area contributed by atoms with Gasteiger partial charge in [0.25, 0.3) is 0 Å². The van der Waals surface area contributed by atoms with Crippen LogP contribution in [-0.4, -0.2) is 12.2 Å². The van der Waals surface area contributed by atoms with Gasteiger partial charge in [0.15, 0.2) is 0 Å². The van der Waals surface area contributed by atoms with Gasteiger partial charge in [0.05, 0.1) is 12.2 Å². The van der Waals surface area contributed by atoms with Crippen LogP contribution in [0.2, 0.25) is 0 Å². The predicted octanol–water partition coefficient (Wildman–Crippen LogP) is 11.7. The fourth-order valence-electron chi connectivity index (χ4n) is 5.23. The zero-order valence-corrected chi connectivity index (χ0v) is 24.3. The molecule has 0 aliphatic heterocycles. The second-order valence-electron chi connectivity index (χ2n) is 11.3. The first kappa shape index (κ1) is 33.0. The molecule has 33 heavy (non-hydrogen) atoms. The molecular weight excluding hydrogens is 400 g/mol. The van der Waals surface area contributed by atoms with E-state index in [4.69, 9.17) is 4.74 Å². The van der Waals surface area contributed by atoms with Crippen molar-refractivity contribution in [2.45, 2.75) is 195 Å². The molecule has 0 spiro atoms. The molecular formula is C32H66O. The molecule has 0 fully saturated rings. The van der Waals surface area contributed by atoms with Gasteiger partial charge < -0.3 is 4.74 Å². The Morgan fingerprint density at radius 1 is 0.364 bits per heavy atom. The predicted molar refractivity (Wildman–Crippen MR) is 151 cm³/mol. The zero-order chi connectivity index (χ0) is 24.6. The van der Waals surface area contributed by atoms with Crippen molar-refractivity contribution in [1.29, 1.82) is 0 Å². The maximum absolute atomic E-state index is 7.06. The minimum atomic E-state index is 0.478. The molecule has 200 valence electrons. The van der Waals surface area contributed by atoms with Gasteiger partial charge in [-0.3, -0.25) is 0 Å². The average Bonchev–Trinajstić information content (AvgIpc) is 2.82. The number of unbranched alkanes of at least 4 members (excludes halogenated alkanes) is 14. The highest BCUT2D eigenvalue weighted by Crippen LogP contribution is 2.28. The molecule has 1 nitrogen and oxygen atoms in total. The lowest BCUT2D eigenvalue weighted by molar-refractivity contribution is -0.0744. The summed E-state index contributed by atoms with van der Waals surface area (Å²) in [6, 6.07) is 0. The Hall–Kier alpha value is -0.0400. The van der Waals surface area contributed by atoms with E-state index in [1.165, 1.54) is 141 Å². The van der Waals surface area contributed by atoms with E-state index in [0.717, 1.165) is 0 Å². The molecule has 0 saturated carbocycles. The van der Waals surface area contributed by atoms with Crippen LogP contribution in [0.1, 0.15) is 183 Å². The van der Waals surface area contributed by atoms with Crippen molar-refractivity contribution in [3.05, 3.63) is 0 Å². The topological polar surface area (TPSA) is 9.23 Å². The highest BCUT2D eigenvalue weighted by molar-refractivity contribution is 4.74. The third-order valence-electron chi connectivity index (χ3n) is 7.83. The summed E-state index contributed by atoms with van der Waals surface area (Å²) in [4.78, 5) is 0. The summed E-state index contributed by atoms with van der Waals surface area (Å²) in [6.45, 7) is 14.2. The summed E-state index contributed by atoms with van der Waals surface area (Å²) in [6.07, 6.45) is 31.1. The first-order chi connectivity index (χ1) is 16.1. The quantitative estimate of drug-likeness (QED) is 0.115. The highest BCUT2D eigenvalue weighted by atomic mass is 16.5. The lowest BCUT2D eigenvalue weighted by atomic mass is 9.90. The van der Waals surface area contributed by atoms with Gasteiger partial charge in [0, 0.05) is 0 Å². The van der Waals surface area contributed by atoms with E-state index in [1.54, 1.807) is 0 Å². The Morgan fingerprint density at radius 2 is 0.667 bits per heavy atom. The molecule has 0 bridgehead atoms. The third-order valence-corrected chi connectivity index (χ3v) is 7.83. The Balaban J connectivity index is 4.73. The standard InChI is InChI=1S/C32H66O/c1-7-11-15-17-19-21-23-27-31(29(5)25-13-9-3)33-32(30(6)26-14-10-4)28-24-22-20-18-16-12-8-2/h29-32H,7-28H2,1-6H3. The lowest BCUT2D eigenvalue weighted by Gasteiger charge is -2.33. The molecule has 0 aromatic rings. The van der Waals surface area contributed by atoms with Crippen molar-refractivity contribution in [2.24, 2.45) is 11.8 Å². The molecule has 4 atom stereocenters. The number of ether oxygens (including phenoxy) is 1. The molecule has 0 amide bonds. The van der Waals surface area contributed by atoms with E-state index < -0.39 is 0 Å². The van der Waals surface area contributed by atoms with Crippen molar-refractivity contribution in [2.75, 3.05) is 0 Å². The maximum atomic E-state index is 7.06. The summed E-state index contributed by atoms with van der Waals surface area (Å²) >= 11 is 0. The van der Waals surface area contributed by atoms with Crippen molar-refractivity contribution in [1.82, 2.24) is 0 Å². The van der Waals surface area contributed by atoms with Gasteiger partial charge in [-0.25, -0.2) is 0 Å². The SMILES string of the molecule is CCCCCCCCCC(OC(CCCCCCCCC)C(C)CCCC)C(C)CCCC. The van der Waals surface area contributed by atoms with E-state index in [-0.39, 0.29) is 0 Å². The third kappa shape index (κ3) is 19.9. The largest absolute Gasteiger partial charge is 0.374 e. The van der Waals surface area contributed by atoms with Gasteiger partial charge in [-0.15, -0.1) is 0 Å². The van der Waals surface area contributed by atoms with Crippen LogP contribution in [0.15, 0.2) is 0 Å². The summed E-state index contributed by atoms with van der Waals surface area (Å²) in [7, 11) is 0. The van der Waals surface area contributed by atoms with Gasteiger partial charge in [-0.1, -0.05) is 157 Å². The minimum absolute atomic E-state index is 0.478. The fraction of sp³-hybridized carbons (Fsp3) is 1.00. The molecule has 4 unspecified atom stereocenters. The smallest absolute Gasteiger partial charge is 0.0604 e. The van der Waals surface area contributed by atoms with Gasteiger partial charge in [0.2, 0.25) is 0 Å². The van der Waals surface area contributed by atoms with E-state index in [9.17, 15) is 0 Å². The van der Waals surface area contributed by atoms with Crippen LogP contribution in [0.4, 0.5) is 0 Å². The van der Waals surface area contributed by atoms with Crippen LogP contribution in [0.3, 0.4) is 0 Å². The molecule has 0 radical (unpaired) electrons. The van der Waals surface area contributed by atoms with Gasteiger partial charge in [-0.05, 0) is 37.5 Å². The molecule has 1 heteroatoms. The first-order valence-electron chi connectivity index (χ1n) is 15.8. The Labute approximate surface area is 211 Å². The molecule has 0 saturated heterocycles.